The van der Waals surface area contributed by atoms with Crippen LogP contribution in [0.25, 0.3) is 10.9 Å². The molecule has 0 spiro atoms. The van der Waals surface area contributed by atoms with Crippen LogP contribution in [-0.2, 0) is 15.6 Å². The lowest BCUT2D eigenvalue weighted by atomic mass is 10.2. The Morgan fingerprint density at radius 2 is 2.19 bits per heavy atom. The van der Waals surface area contributed by atoms with Gasteiger partial charge in [-0.1, -0.05) is 12.1 Å². The maximum absolute atomic E-state index is 11.8. The van der Waals surface area contributed by atoms with Crippen molar-refractivity contribution in [2.45, 2.75) is 31.2 Å². The molecular formula is C15H18ClNO3S. The lowest BCUT2D eigenvalue weighted by molar-refractivity contribution is 0.344. The van der Waals surface area contributed by atoms with Crippen LogP contribution in [0.5, 0.6) is 5.75 Å². The van der Waals surface area contributed by atoms with E-state index >= 15 is 0 Å². The van der Waals surface area contributed by atoms with Crippen LogP contribution in [0.1, 0.15) is 19.8 Å². The third kappa shape index (κ3) is 3.41. The van der Waals surface area contributed by atoms with Crippen LogP contribution in [-0.4, -0.2) is 19.6 Å². The van der Waals surface area contributed by atoms with E-state index < -0.39 is 9.05 Å². The molecule has 2 rings (SSSR count). The smallest absolute Gasteiger partial charge is 0.263 e. The number of rotatable bonds is 7. The maximum atomic E-state index is 11.8. The first-order valence-corrected chi connectivity index (χ1v) is 9.10. The van der Waals surface area contributed by atoms with E-state index in [-0.39, 0.29) is 4.90 Å². The van der Waals surface area contributed by atoms with Crippen LogP contribution in [0, 0.1) is 0 Å². The fourth-order valence-corrected chi connectivity index (χ4v) is 3.39. The van der Waals surface area contributed by atoms with Gasteiger partial charge in [0.15, 0.2) is 0 Å². The Morgan fingerprint density at radius 3 is 2.81 bits per heavy atom. The molecule has 2 aromatic rings. The van der Waals surface area contributed by atoms with Gasteiger partial charge in [-0.25, -0.2) is 8.42 Å². The summed E-state index contributed by atoms with van der Waals surface area (Å²) in [5.41, 5.74) is 0.809. The SMILES string of the molecule is C=CCCCn1cc(S(=O)(=O)Cl)c2c(OCC)cccc21. The number of unbranched alkanes of at least 4 members (excludes halogenated alkanes) is 1. The lowest BCUT2D eigenvalue weighted by Crippen LogP contribution is -1.96. The molecule has 1 aromatic carbocycles. The van der Waals surface area contributed by atoms with E-state index in [2.05, 4.69) is 6.58 Å². The predicted octanol–water partition coefficient (Wildman–Crippen LogP) is 3.93. The monoisotopic (exact) mass is 327 g/mol. The van der Waals surface area contributed by atoms with Gasteiger partial charge in [-0.15, -0.1) is 6.58 Å². The van der Waals surface area contributed by atoms with Crippen molar-refractivity contribution in [1.82, 2.24) is 4.57 Å². The Balaban J connectivity index is 2.62. The molecule has 0 aliphatic heterocycles. The second kappa shape index (κ2) is 6.54. The molecule has 0 fully saturated rings. The molecule has 0 saturated carbocycles. The second-order valence-corrected chi connectivity index (χ2v) is 7.17. The number of benzene rings is 1. The zero-order chi connectivity index (χ0) is 15.5. The Hall–Kier alpha value is -1.46. The number of aromatic nitrogens is 1. The van der Waals surface area contributed by atoms with Gasteiger partial charge >= 0.3 is 0 Å². The number of nitrogens with zero attached hydrogens (tertiary/aromatic N) is 1. The minimum absolute atomic E-state index is 0.0989. The number of ether oxygens (including phenoxy) is 1. The average molecular weight is 328 g/mol. The molecular weight excluding hydrogens is 310 g/mol. The number of hydrogen-bond acceptors (Lipinski definition) is 3. The molecule has 0 aliphatic carbocycles. The van der Waals surface area contributed by atoms with Gasteiger partial charge in [0.25, 0.3) is 9.05 Å². The van der Waals surface area contributed by atoms with Crippen molar-refractivity contribution in [2.24, 2.45) is 0 Å². The van der Waals surface area contributed by atoms with Gasteiger partial charge in [-0.05, 0) is 31.9 Å². The predicted molar refractivity (Wildman–Crippen MR) is 85.6 cm³/mol. The Morgan fingerprint density at radius 1 is 1.43 bits per heavy atom. The molecule has 0 amide bonds. The first-order chi connectivity index (χ1) is 9.99. The fourth-order valence-electron chi connectivity index (χ4n) is 2.33. The van der Waals surface area contributed by atoms with Crippen LogP contribution in [0.4, 0.5) is 0 Å². The van der Waals surface area contributed by atoms with Gasteiger partial charge < -0.3 is 9.30 Å². The summed E-state index contributed by atoms with van der Waals surface area (Å²) in [4.78, 5) is 0.0989. The molecule has 21 heavy (non-hydrogen) atoms. The van der Waals surface area contributed by atoms with E-state index in [1.54, 1.807) is 12.3 Å². The maximum Gasteiger partial charge on any atom is 0.263 e. The number of aryl methyl sites for hydroxylation is 1. The molecule has 4 nitrogen and oxygen atoms in total. The highest BCUT2D eigenvalue weighted by Crippen LogP contribution is 2.35. The van der Waals surface area contributed by atoms with Crippen molar-refractivity contribution in [1.29, 1.82) is 0 Å². The van der Waals surface area contributed by atoms with Crippen molar-refractivity contribution in [3.05, 3.63) is 37.1 Å². The van der Waals surface area contributed by atoms with Gasteiger partial charge in [0.2, 0.25) is 0 Å². The van der Waals surface area contributed by atoms with Crippen LogP contribution in [0.2, 0.25) is 0 Å². The van der Waals surface area contributed by atoms with E-state index in [1.165, 1.54) is 0 Å². The standard InChI is InChI=1S/C15H18ClNO3S/c1-3-5-6-10-17-11-14(21(16,18)19)15-12(17)8-7-9-13(15)20-4-2/h3,7-9,11H,1,4-6,10H2,2H3. The molecule has 0 radical (unpaired) electrons. The van der Waals surface area contributed by atoms with E-state index in [1.807, 2.05) is 29.7 Å². The van der Waals surface area contributed by atoms with Gasteiger partial charge in [-0.3, -0.25) is 0 Å². The van der Waals surface area contributed by atoms with Crippen LogP contribution < -0.4 is 4.74 Å². The summed E-state index contributed by atoms with van der Waals surface area (Å²) in [6, 6.07) is 5.48. The minimum Gasteiger partial charge on any atom is -0.493 e. The highest BCUT2D eigenvalue weighted by molar-refractivity contribution is 8.14. The molecule has 0 saturated heterocycles. The summed E-state index contributed by atoms with van der Waals surface area (Å²) in [5.74, 6) is 0.539. The van der Waals surface area contributed by atoms with E-state index in [0.29, 0.717) is 24.3 Å². The van der Waals surface area contributed by atoms with Crippen molar-refractivity contribution in [3.8, 4) is 5.75 Å². The second-order valence-electron chi connectivity index (χ2n) is 4.64. The molecule has 114 valence electrons. The normalized spacial score (nSPS) is 11.7. The minimum atomic E-state index is -3.83. The highest BCUT2D eigenvalue weighted by atomic mass is 35.7. The van der Waals surface area contributed by atoms with Crippen molar-refractivity contribution >= 4 is 30.6 Å². The topological polar surface area (TPSA) is 48.3 Å². The largest absolute Gasteiger partial charge is 0.493 e. The number of allylic oxidation sites excluding steroid dienone is 1. The van der Waals surface area contributed by atoms with E-state index in [9.17, 15) is 8.42 Å². The Labute approximate surface area is 129 Å². The summed E-state index contributed by atoms with van der Waals surface area (Å²) in [6.45, 7) is 6.71. The number of hydrogen-bond donors (Lipinski definition) is 0. The molecule has 1 aromatic heterocycles. The molecule has 0 unspecified atom stereocenters. The fraction of sp³-hybridized carbons (Fsp3) is 0.333. The van der Waals surface area contributed by atoms with Crippen molar-refractivity contribution < 1.29 is 13.2 Å². The quantitative estimate of drug-likeness (QED) is 0.440. The molecule has 6 heteroatoms. The van der Waals surface area contributed by atoms with E-state index in [4.69, 9.17) is 15.4 Å². The summed E-state index contributed by atoms with van der Waals surface area (Å²) in [6.07, 6.45) is 5.18. The van der Waals surface area contributed by atoms with Gasteiger partial charge in [-0.2, -0.15) is 0 Å². The van der Waals surface area contributed by atoms with E-state index in [0.717, 1.165) is 18.4 Å². The zero-order valence-electron chi connectivity index (χ0n) is 11.9. The summed E-state index contributed by atoms with van der Waals surface area (Å²) in [5, 5.41) is 0.549. The molecule has 0 atom stereocenters. The molecule has 0 bridgehead atoms. The highest BCUT2D eigenvalue weighted by Gasteiger charge is 2.21. The van der Waals surface area contributed by atoms with Gasteiger partial charge in [0, 0.05) is 23.4 Å². The third-order valence-electron chi connectivity index (χ3n) is 3.20. The Kier molecular flexibility index (Phi) is 4.96. The first-order valence-electron chi connectivity index (χ1n) is 6.79. The molecule has 0 N–H and O–H groups in total. The molecule has 1 heterocycles. The Bertz CT molecular complexity index is 750. The van der Waals surface area contributed by atoms with Crippen molar-refractivity contribution in [3.63, 3.8) is 0 Å². The zero-order valence-corrected chi connectivity index (χ0v) is 13.5. The summed E-state index contributed by atoms with van der Waals surface area (Å²) >= 11 is 0. The number of fused-ring (bicyclic) bond motifs is 1. The van der Waals surface area contributed by atoms with Gasteiger partial charge in [0.05, 0.1) is 17.5 Å². The van der Waals surface area contributed by atoms with Crippen LogP contribution in [0.3, 0.4) is 0 Å². The van der Waals surface area contributed by atoms with Gasteiger partial charge in [0.1, 0.15) is 10.6 Å². The average Bonchev–Trinajstić information content (AvgIpc) is 2.80. The lowest BCUT2D eigenvalue weighted by Gasteiger charge is -2.07. The third-order valence-corrected chi connectivity index (χ3v) is 4.54. The van der Waals surface area contributed by atoms with Crippen LogP contribution >= 0.6 is 10.7 Å². The van der Waals surface area contributed by atoms with Crippen LogP contribution in [0.15, 0.2) is 41.9 Å². The first kappa shape index (κ1) is 15.9. The summed E-state index contributed by atoms with van der Waals surface area (Å²) < 4.78 is 31.1. The summed E-state index contributed by atoms with van der Waals surface area (Å²) in [7, 11) is 1.74. The number of halogens is 1. The molecule has 0 aliphatic rings. The van der Waals surface area contributed by atoms with Crippen molar-refractivity contribution in [2.75, 3.05) is 6.61 Å².